The molecule has 0 aromatic carbocycles. The van der Waals surface area contributed by atoms with Crippen LogP contribution < -0.4 is 0 Å². The van der Waals surface area contributed by atoms with E-state index in [4.69, 9.17) is 0 Å². The Morgan fingerprint density at radius 3 is 2.61 bits per heavy atom. The molecule has 2 saturated carbocycles. The van der Waals surface area contributed by atoms with E-state index in [1.165, 1.54) is 0 Å². The van der Waals surface area contributed by atoms with E-state index in [0.29, 0.717) is 29.4 Å². The average Bonchev–Trinajstić information content (AvgIpc) is 3.00. The predicted octanol–water partition coefficient (Wildman–Crippen LogP) is 1.60. The number of carbonyl (C=O) groups excluding carboxylic acids is 1. The molecule has 4 nitrogen and oxygen atoms in total. The van der Waals surface area contributed by atoms with E-state index in [1.54, 1.807) is 13.0 Å². The standard InChI is InChI=1S/C19H26O4/c1-10-6-14-18(22)5-4-12-15(17(12,2)3)13(18)7-11(9-20)8-19(14,23)16(10)21/h6-7,12-15,20,22-23H,4-5,8-9H2,1-3H3/t12-,13+,14+,15-,18-,19-/m1/s1. The van der Waals surface area contributed by atoms with Gasteiger partial charge in [-0.2, -0.15) is 0 Å². The highest BCUT2D eigenvalue weighted by Crippen LogP contribution is 2.71. The van der Waals surface area contributed by atoms with Crippen molar-refractivity contribution >= 4 is 5.78 Å². The van der Waals surface area contributed by atoms with Crippen LogP contribution in [0.25, 0.3) is 0 Å². The third kappa shape index (κ3) is 1.75. The SMILES string of the molecule is CC1=C[C@H]2[C@@]3(O)CC[C@@H]4[C@H]([C@@H]3C=C(CO)C[C@]2(O)C1=O)C4(C)C. The van der Waals surface area contributed by atoms with Crippen LogP contribution >= 0.6 is 0 Å². The molecule has 2 fully saturated rings. The van der Waals surface area contributed by atoms with Crippen molar-refractivity contribution < 1.29 is 20.1 Å². The molecule has 126 valence electrons. The first kappa shape index (κ1) is 15.6. The molecule has 0 radical (unpaired) electrons. The van der Waals surface area contributed by atoms with E-state index < -0.39 is 17.1 Å². The maximum atomic E-state index is 12.6. The van der Waals surface area contributed by atoms with E-state index in [2.05, 4.69) is 13.8 Å². The first-order valence-electron chi connectivity index (χ1n) is 8.64. The van der Waals surface area contributed by atoms with Gasteiger partial charge in [-0.3, -0.25) is 4.79 Å². The van der Waals surface area contributed by atoms with Crippen LogP contribution in [0, 0.1) is 29.1 Å². The van der Waals surface area contributed by atoms with Gasteiger partial charge in [0, 0.05) is 18.3 Å². The van der Waals surface area contributed by atoms with Crippen molar-refractivity contribution in [2.45, 2.75) is 51.2 Å². The molecule has 4 rings (SSSR count). The van der Waals surface area contributed by atoms with Crippen molar-refractivity contribution in [2.24, 2.45) is 29.1 Å². The predicted molar refractivity (Wildman–Crippen MR) is 85.4 cm³/mol. The molecule has 0 aliphatic heterocycles. The second kappa shape index (κ2) is 4.35. The first-order valence-corrected chi connectivity index (χ1v) is 8.64. The molecule has 0 aromatic rings. The maximum absolute atomic E-state index is 12.6. The lowest BCUT2D eigenvalue weighted by molar-refractivity contribution is -0.155. The number of rotatable bonds is 1. The molecule has 23 heavy (non-hydrogen) atoms. The monoisotopic (exact) mass is 318 g/mol. The summed E-state index contributed by atoms with van der Waals surface area (Å²) in [5, 5.41) is 32.5. The Hall–Kier alpha value is -0.970. The minimum Gasteiger partial charge on any atom is -0.392 e. The number of ketones is 1. The normalized spacial score (nSPS) is 50.3. The molecule has 6 atom stereocenters. The van der Waals surface area contributed by atoms with Gasteiger partial charge in [0.1, 0.15) is 5.60 Å². The van der Waals surface area contributed by atoms with Crippen molar-refractivity contribution in [1.29, 1.82) is 0 Å². The van der Waals surface area contributed by atoms with Crippen LogP contribution in [-0.4, -0.2) is 38.9 Å². The molecule has 4 aliphatic carbocycles. The Morgan fingerprint density at radius 1 is 1.26 bits per heavy atom. The Kier molecular flexibility index (Phi) is 2.94. The van der Waals surface area contributed by atoms with Crippen molar-refractivity contribution in [1.82, 2.24) is 0 Å². The number of aliphatic hydroxyl groups excluding tert-OH is 1. The van der Waals surface area contributed by atoms with Gasteiger partial charge in [-0.15, -0.1) is 0 Å². The lowest BCUT2D eigenvalue weighted by Crippen LogP contribution is -2.56. The highest BCUT2D eigenvalue weighted by Gasteiger charge is 2.71. The summed E-state index contributed by atoms with van der Waals surface area (Å²) in [7, 11) is 0. The lowest BCUT2D eigenvalue weighted by Gasteiger charge is -2.45. The van der Waals surface area contributed by atoms with Crippen molar-refractivity contribution in [3.63, 3.8) is 0 Å². The fourth-order valence-electron chi connectivity index (χ4n) is 5.99. The van der Waals surface area contributed by atoms with Crippen molar-refractivity contribution in [3.05, 3.63) is 23.3 Å². The molecule has 0 bridgehead atoms. The topological polar surface area (TPSA) is 77.8 Å². The van der Waals surface area contributed by atoms with Crippen LogP contribution in [0.3, 0.4) is 0 Å². The molecule has 0 spiro atoms. The van der Waals surface area contributed by atoms with E-state index >= 15 is 0 Å². The van der Waals surface area contributed by atoms with Crippen molar-refractivity contribution in [3.8, 4) is 0 Å². The lowest BCUT2D eigenvalue weighted by atomic mass is 9.65. The second-order valence-corrected chi connectivity index (χ2v) is 8.75. The molecule has 0 heterocycles. The minimum atomic E-state index is -1.60. The smallest absolute Gasteiger partial charge is 0.190 e. The quantitative estimate of drug-likeness (QED) is 0.642. The molecule has 0 amide bonds. The number of hydrogen-bond donors (Lipinski definition) is 3. The van der Waals surface area contributed by atoms with Crippen LogP contribution in [0.4, 0.5) is 0 Å². The summed E-state index contributed by atoms with van der Waals surface area (Å²) in [5.74, 6) is -0.0440. The second-order valence-electron chi connectivity index (χ2n) is 8.75. The highest BCUT2D eigenvalue weighted by molar-refractivity contribution is 6.04. The van der Waals surface area contributed by atoms with E-state index in [-0.39, 0.29) is 30.1 Å². The van der Waals surface area contributed by atoms with E-state index in [0.717, 1.165) is 6.42 Å². The Bertz CT molecular complexity index is 646. The number of fused-ring (bicyclic) bond motifs is 5. The molecule has 0 unspecified atom stereocenters. The van der Waals surface area contributed by atoms with Gasteiger partial charge >= 0.3 is 0 Å². The average molecular weight is 318 g/mol. The number of aliphatic hydroxyl groups is 3. The Labute approximate surface area is 136 Å². The molecule has 4 heteroatoms. The summed E-state index contributed by atoms with van der Waals surface area (Å²) in [6.07, 6.45) is 5.40. The van der Waals surface area contributed by atoms with Gasteiger partial charge in [-0.1, -0.05) is 26.0 Å². The van der Waals surface area contributed by atoms with Crippen LogP contribution in [0.2, 0.25) is 0 Å². The van der Waals surface area contributed by atoms with Gasteiger partial charge in [-0.25, -0.2) is 0 Å². The van der Waals surface area contributed by atoms with Gasteiger partial charge in [0.2, 0.25) is 0 Å². The highest BCUT2D eigenvalue weighted by atomic mass is 16.3. The molecular weight excluding hydrogens is 292 g/mol. The number of carbonyl (C=O) groups is 1. The van der Waals surface area contributed by atoms with Gasteiger partial charge in [0.05, 0.1) is 12.2 Å². The first-order chi connectivity index (χ1) is 10.7. The zero-order chi connectivity index (χ0) is 16.8. The third-order valence-electron chi connectivity index (χ3n) is 7.30. The van der Waals surface area contributed by atoms with Gasteiger partial charge in [-0.05, 0) is 48.2 Å². The molecular formula is C19H26O4. The summed E-state index contributed by atoms with van der Waals surface area (Å²) < 4.78 is 0. The Morgan fingerprint density at radius 2 is 1.96 bits per heavy atom. The summed E-state index contributed by atoms with van der Waals surface area (Å²) in [6, 6.07) is 0. The van der Waals surface area contributed by atoms with Crippen LogP contribution in [0.5, 0.6) is 0 Å². The minimum absolute atomic E-state index is 0.104. The Balaban J connectivity index is 1.86. The zero-order valence-electron chi connectivity index (χ0n) is 14.0. The molecule has 4 aliphatic rings. The zero-order valence-corrected chi connectivity index (χ0v) is 14.0. The summed E-state index contributed by atoms with van der Waals surface area (Å²) in [4.78, 5) is 12.6. The summed E-state index contributed by atoms with van der Waals surface area (Å²) in [6.45, 7) is 6.01. The summed E-state index contributed by atoms with van der Waals surface area (Å²) in [5.41, 5.74) is -1.32. The largest absolute Gasteiger partial charge is 0.392 e. The maximum Gasteiger partial charge on any atom is 0.190 e. The number of hydrogen-bond acceptors (Lipinski definition) is 4. The van der Waals surface area contributed by atoms with Crippen LogP contribution in [0.1, 0.15) is 40.0 Å². The molecule has 0 aromatic heterocycles. The van der Waals surface area contributed by atoms with Gasteiger partial charge in [0.15, 0.2) is 5.78 Å². The van der Waals surface area contributed by atoms with Gasteiger partial charge in [0.25, 0.3) is 0 Å². The van der Waals surface area contributed by atoms with Crippen LogP contribution in [-0.2, 0) is 4.79 Å². The van der Waals surface area contributed by atoms with Gasteiger partial charge < -0.3 is 15.3 Å². The van der Waals surface area contributed by atoms with E-state index in [1.807, 2.05) is 6.08 Å². The molecule has 3 N–H and O–H groups in total. The fourth-order valence-corrected chi connectivity index (χ4v) is 5.99. The third-order valence-corrected chi connectivity index (χ3v) is 7.30. The summed E-state index contributed by atoms with van der Waals surface area (Å²) >= 11 is 0. The molecule has 0 saturated heterocycles. The van der Waals surface area contributed by atoms with E-state index in [9.17, 15) is 20.1 Å². The number of Topliss-reactive ketones (excluding diaryl/α,β-unsaturated/α-hetero) is 1. The van der Waals surface area contributed by atoms with Crippen LogP contribution in [0.15, 0.2) is 23.3 Å². The van der Waals surface area contributed by atoms with Crippen molar-refractivity contribution in [2.75, 3.05) is 6.61 Å². The fraction of sp³-hybridized carbons (Fsp3) is 0.737.